The molecule has 8 nitrogen and oxygen atoms in total. The number of anilines is 1. The minimum absolute atomic E-state index is 0.0193. The summed E-state index contributed by atoms with van der Waals surface area (Å²) >= 11 is 1.40. The lowest BCUT2D eigenvalue weighted by molar-refractivity contribution is -0.384. The van der Waals surface area contributed by atoms with Crippen LogP contribution >= 0.6 is 11.3 Å². The monoisotopic (exact) mass is 293 g/mol. The van der Waals surface area contributed by atoms with E-state index in [9.17, 15) is 14.9 Å². The Balaban J connectivity index is 2.21. The fraction of sp³-hybridized carbons (Fsp3) is 0.0909. The van der Waals surface area contributed by atoms with E-state index in [1.165, 1.54) is 29.5 Å². The number of aromatic nitrogens is 1. The van der Waals surface area contributed by atoms with E-state index in [1.54, 1.807) is 11.6 Å². The Hall–Kier alpha value is -2.52. The van der Waals surface area contributed by atoms with Crippen LogP contribution in [0.15, 0.2) is 29.8 Å². The maximum absolute atomic E-state index is 12.0. The van der Waals surface area contributed by atoms with E-state index in [4.69, 9.17) is 5.84 Å². The van der Waals surface area contributed by atoms with Crippen LogP contribution < -0.4 is 16.6 Å². The molecule has 4 N–H and O–H groups in total. The number of nitrogens with one attached hydrogen (secondary N) is 2. The molecule has 1 heterocycles. The molecule has 1 aromatic carbocycles. The normalized spacial score (nSPS) is 10.1. The summed E-state index contributed by atoms with van der Waals surface area (Å²) in [4.78, 5) is 26.3. The summed E-state index contributed by atoms with van der Waals surface area (Å²) < 4.78 is 0. The highest BCUT2D eigenvalue weighted by Crippen LogP contribution is 2.27. The predicted molar refractivity (Wildman–Crippen MR) is 74.2 cm³/mol. The highest BCUT2D eigenvalue weighted by molar-refractivity contribution is 7.09. The number of nitrogens with zero attached hydrogens (tertiary/aromatic N) is 2. The van der Waals surface area contributed by atoms with Gasteiger partial charge in [0.2, 0.25) is 0 Å². The average molecular weight is 293 g/mol. The number of nitrogens with two attached hydrogens (primary N) is 1. The summed E-state index contributed by atoms with van der Waals surface area (Å²) in [6.07, 6.45) is 1.63. The molecule has 20 heavy (non-hydrogen) atoms. The summed E-state index contributed by atoms with van der Waals surface area (Å²) in [5.41, 5.74) is 2.04. The standard InChI is InChI=1S/C11H11N5O3S/c12-15-10-7(2-1-3-8(10)16(18)19)11(17)14-6-9-13-4-5-20-9/h1-5,15H,6,12H2,(H,14,17). The number of carbonyl (C=O) groups excluding carboxylic acids is 1. The third-order valence-electron chi connectivity index (χ3n) is 2.51. The van der Waals surface area contributed by atoms with E-state index in [2.05, 4.69) is 15.7 Å². The molecule has 0 bridgehead atoms. The molecule has 1 aromatic heterocycles. The van der Waals surface area contributed by atoms with Crippen molar-refractivity contribution in [2.24, 2.45) is 5.84 Å². The van der Waals surface area contributed by atoms with Gasteiger partial charge in [-0.15, -0.1) is 11.3 Å². The van der Waals surface area contributed by atoms with E-state index in [0.29, 0.717) is 0 Å². The topological polar surface area (TPSA) is 123 Å². The lowest BCUT2D eigenvalue weighted by Gasteiger charge is -2.09. The van der Waals surface area contributed by atoms with E-state index in [0.717, 1.165) is 5.01 Å². The van der Waals surface area contributed by atoms with Crippen molar-refractivity contribution in [3.63, 3.8) is 0 Å². The molecule has 0 radical (unpaired) electrons. The van der Waals surface area contributed by atoms with Crippen molar-refractivity contribution in [1.82, 2.24) is 10.3 Å². The van der Waals surface area contributed by atoms with Gasteiger partial charge in [-0.25, -0.2) is 4.98 Å². The number of nitrogen functional groups attached to an aromatic ring is 1. The van der Waals surface area contributed by atoms with Crippen molar-refractivity contribution >= 4 is 28.6 Å². The van der Waals surface area contributed by atoms with Gasteiger partial charge < -0.3 is 10.7 Å². The predicted octanol–water partition coefficient (Wildman–Crippen LogP) is 1.27. The molecule has 0 saturated carbocycles. The molecule has 1 amide bonds. The highest BCUT2D eigenvalue weighted by atomic mass is 32.1. The van der Waals surface area contributed by atoms with E-state index in [-0.39, 0.29) is 23.5 Å². The number of thiazole rings is 1. The Kier molecular flexibility index (Phi) is 4.23. The quantitative estimate of drug-likeness (QED) is 0.433. The number of nitro benzene ring substituents is 1. The molecular formula is C11H11N5O3S. The third-order valence-corrected chi connectivity index (χ3v) is 3.29. The minimum Gasteiger partial charge on any atom is -0.345 e. The maximum atomic E-state index is 12.0. The molecule has 9 heteroatoms. The number of rotatable bonds is 5. The number of hydrogen-bond donors (Lipinski definition) is 3. The van der Waals surface area contributed by atoms with Gasteiger partial charge in [-0.3, -0.25) is 20.8 Å². The molecule has 2 rings (SSSR count). The van der Waals surface area contributed by atoms with Gasteiger partial charge in [-0.05, 0) is 6.07 Å². The Morgan fingerprint density at radius 1 is 1.50 bits per heavy atom. The maximum Gasteiger partial charge on any atom is 0.294 e. The molecule has 0 aliphatic carbocycles. The number of hydrogen-bond acceptors (Lipinski definition) is 7. The summed E-state index contributed by atoms with van der Waals surface area (Å²) in [7, 11) is 0. The van der Waals surface area contributed by atoms with Crippen molar-refractivity contribution in [2.75, 3.05) is 5.43 Å². The summed E-state index contributed by atoms with van der Waals surface area (Å²) in [5.74, 6) is 4.81. The van der Waals surface area contributed by atoms with Gasteiger partial charge in [0.25, 0.3) is 11.6 Å². The second-order valence-corrected chi connectivity index (χ2v) is 4.69. The van der Waals surface area contributed by atoms with Crippen molar-refractivity contribution in [3.8, 4) is 0 Å². The molecule has 0 saturated heterocycles. The van der Waals surface area contributed by atoms with Gasteiger partial charge in [0.1, 0.15) is 10.7 Å². The van der Waals surface area contributed by atoms with Crippen molar-refractivity contribution in [3.05, 3.63) is 50.5 Å². The van der Waals surface area contributed by atoms with Gasteiger partial charge in [-0.2, -0.15) is 0 Å². The Morgan fingerprint density at radius 2 is 2.30 bits per heavy atom. The SMILES string of the molecule is NNc1c(C(=O)NCc2nccs2)cccc1[N+](=O)[O-]. The van der Waals surface area contributed by atoms with Crippen LogP contribution in [0.5, 0.6) is 0 Å². The third kappa shape index (κ3) is 2.90. The van der Waals surface area contributed by atoms with Gasteiger partial charge in [0, 0.05) is 17.6 Å². The molecule has 2 aromatic rings. The van der Waals surface area contributed by atoms with E-state index < -0.39 is 10.8 Å². The molecule has 0 unspecified atom stereocenters. The Bertz CT molecular complexity index is 629. The zero-order chi connectivity index (χ0) is 14.5. The zero-order valence-corrected chi connectivity index (χ0v) is 11.0. The number of carbonyl (C=O) groups is 1. The average Bonchev–Trinajstić information content (AvgIpc) is 2.97. The van der Waals surface area contributed by atoms with Crippen LogP contribution in [-0.4, -0.2) is 15.8 Å². The molecule has 0 aliphatic heterocycles. The lowest BCUT2D eigenvalue weighted by atomic mass is 10.1. The number of amides is 1. The van der Waals surface area contributed by atoms with Crippen LogP contribution in [-0.2, 0) is 6.54 Å². The largest absolute Gasteiger partial charge is 0.345 e. The number of para-hydroxylation sites is 1. The Morgan fingerprint density at radius 3 is 2.90 bits per heavy atom. The fourth-order valence-electron chi connectivity index (χ4n) is 1.62. The molecule has 0 spiro atoms. The zero-order valence-electron chi connectivity index (χ0n) is 10.2. The van der Waals surface area contributed by atoms with E-state index >= 15 is 0 Å². The number of nitro groups is 1. The first-order valence-corrected chi connectivity index (χ1v) is 6.42. The summed E-state index contributed by atoms with van der Waals surface area (Å²) in [6.45, 7) is 0.253. The Labute approximate surface area is 117 Å². The van der Waals surface area contributed by atoms with Crippen LogP contribution in [0.1, 0.15) is 15.4 Å². The highest BCUT2D eigenvalue weighted by Gasteiger charge is 2.20. The van der Waals surface area contributed by atoms with Crippen molar-refractivity contribution < 1.29 is 9.72 Å². The van der Waals surface area contributed by atoms with Gasteiger partial charge >= 0.3 is 0 Å². The second kappa shape index (κ2) is 6.08. The lowest BCUT2D eigenvalue weighted by Crippen LogP contribution is -2.25. The molecule has 0 aliphatic rings. The minimum atomic E-state index is -0.604. The fourth-order valence-corrected chi connectivity index (χ4v) is 2.18. The van der Waals surface area contributed by atoms with Crippen LogP contribution in [0.25, 0.3) is 0 Å². The first kappa shape index (κ1) is 13.9. The van der Waals surface area contributed by atoms with Crippen LogP contribution in [0.2, 0.25) is 0 Å². The number of hydrazine groups is 1. The van der Waals surface area contributed by atoms with Crippen molar-refractivity contribution in [2.45, 2.75) is 6.54 Å². The molecule has 0 fully saturated rings. The number of benzene rings is 1. The van der Waals surface area contributed by atoms with Crippen molar-refractivity contribution in [1.29, 1.82) is 0 Å². The van der Waals surface area contributed by atoms with Crippen LogP contribution in [0, 0.1) is 10.1 Å². The smallest absolute Gasteiger partial charge is 0.294 e. The van der Waals surface area contributed by atoms with Crippen LogP contribution in [0.3, 0.4) is 0 Å². The van der Waals surface area contributed by atoms with Gasteiger partial charge in [-0.1, -0.05) is 6.07 Å². The second-order valence-electron chi connectivity index (χ2n) is 3.71. The summed E-state index contributed by atoms with van der Waals surface area (Å²) in [5, 5.41) is 16.0. The van der Waals surface area contributed by atoms with Gasteiger partial charge in [0.15, 0.2) is 0 Å². The first-order valence-electron chi connectivity index (χ1n) is 5.54. The molecule has 0 atom stereocenters. The molecular weight excluding hydrogens is 282 g/mol. The molecule has 104 valence electrons. The van der Waals surface area contributed by atoms with E-state index in [1.807, 2.05) is 0 Å². The summed E-state index contributed by atoms with van der Waals surface area (Å²) in [6, 6.07) is 4.16. The first-order chi connectivity index (χ1) is 9.63. The van der Waals surface area contributed by atoms with Crippen LogP contribution in [0.4, 0.5) is 11.4 Å². The van der Waals surface area contributed by atoms with Gasteiger partial charge in [0.05, 0.1) is 17.0 Å².